The summed E-state index contributed by atoms with van der Waals surface area (Å²) in [5.74, 6) is 0.398. The molecule has 2 saturated heterocycles. The highest BCUT2D eigenvalue weighted by molar-refractivity contribution is 6.06. The van der Waals surface area contributed by atoms with E-state index in [9.17, 15) is 9.59 Å². The van der Waals surface area contributed by atoms with Gasteiger partial charge in [-0.25, -0.2) is 0 Å². The standard InChI is InChI=1S/C17H22N2O5/c1-22-12-3-4-13(15(9-12)23-2)14-10-16(20)19(17(14)21)11-18-5-7-24-8-6-18/h3-4,9,14H,5-8,10-11H2,1-2H3/t14-/m0/s1. The number of ether oxygens (including phenoxy) is 3. The lowest BCUT2D eigenvalue weighted by atomic mass is 9.96. The van der Waals surface area contributed by atoms with Crippen molar-refractivity contribution < 1.29 is 23.8 Å². The van der Waals surface area contributed by atoms with Crippen LogP contribution in [0.2, 0.25) is 0 Å². The zero-order chi connectivity index (χ0) is 17.1. The molecule has 2 aliphatic rings. The number of rotatable bonds is 5. The Morgan fingerprint density at radius 1 is 1.17 bits per heavy atom. The molecule has 2 amide bonds. The summed E-state index contributed by atoms with van der Waals surface area (Å²) in [5.41, 5.74) is 0.723. The van der Waals surface area contributed by atoms with Gasteiger partial charge in [0, 0.05) is 31.1 Å². The molecule has 24 heavy (non-hydrogen) atoms. The number of morpholine rings is 1. The number of benzene rings is 1. The van der Waals surface area contributed by atoms with Crippen molar-refractivity contribution in [1.82, 2.24) is 9.80 Å². The Labute approximate surface area is 141 Å². The Hall–Kier alpha value is -2.12. The van der Waals surface area contributed by atoms with E-state index in [1.165, 1.54) is 4.90 Å². The van der Waals surface area contributed by atoms with Gasteiger partial charge in [-0.2, -0.15) is 0 Å². The summed E-state index contributed by atoms with van der Waals surface area (Å²) in [6.07, 6.45) is 0.172. The number of hydrogen-bond donors (Lipinski definition) is 0. The van der Waals surface area contributed by atoms with E-state index < -0.39 is 5.92 Å². The van der Waals surface area contributed by atoms with Crippen LogP contribution in [-0.2, 0) is 14.3 Å². The minimum Gasteiger partial charge on any atom is -0.497 e. The van der Waals surface area contributed by atoms with Gasteiger partial charge in [-0.05, 0) is 6.07 Å². The van der Waals surface area contributed by atoms with E-state index in [2.05, 4.69) is 4.90 Å². The van der Waals surface area contributed by atoms with Gasteiger partial charge < -0.3 is 14.2 Å². The molecular weight excluding hydrogens is 312 g/mol. The summed E-state index contributed by atoms with van der Waals surface area (Å²) < 4.78 is 15.9. The maximum atomic E-state index is 12.8. The number of likely N-dealkylation sites (tertiary alicyclic amines) is 1. The van der Waals surface area contributed by atoms with Crippen molar-refractivity contribution in [2.45, 2.75) is 12.3 Å². The fourth-order valence-electron chi connectivity index (χ4n) is 3.12. The smallest absolute Gasteiger partial charge is 0.238 e. The van der Waals surface area contributed by atoms with Crippen LogP contribution in [0.3, 0.4) is 0 Å². The van der Waals surface area contributed by atoms with Gasteiger partial charge in [0.15, 0.2) is 0 Å². The number of methoxy groups -OCH3 is 2. The van der Waals surface area contributed by atoms with E-state index in [0.717, 1.165) is 18.7 Å². The number of amides is 2. The molecule has 7 heteroatoms. The third-order valence-corrected chi connectivity index (χ3v) is 4.51. The van der Waals surface area contributed by atoms with E-state index in [4.69, 9.17) is 14.2 Å². The maximum absolute atomic E-state index is 12.8. The van der Waals surface area contributed by atoms with Gasteiger partial charge in [-0.15, -0.1) is 0 Å². The average molecular weight is 334 g/mol. The van der Waals surface area contributed by atoms with Gasteiger partial charge >= 0.3 is 0 Å². The van der Waals surface area contributed by atoms with E-state index in [-0.39, 0.29) is 18.2 Å². The predicted molar refractivity (Wildman–Crippen MR) is 86.0 cm³/mol. The van der Waals surface area contributed by atoms with Crippen LogP contribution in [0.5, 0.6) is 11.5 Å². The molecule has 0 spiro atoms. The molecular formula is C17H22N2O5. The van der Waals surface area contributed by atoms with E-state index in [1.807, 2.05) is 0 Å². The van der Waals surface area contributed by atoms with Crippen molar-refractivity contribution in [3.05, 3.63) is 23.8 Å². The summed E-state index contributed by atoms with van der Waals surface area (Å²) in [7, 11) is 3.12. The molecule has 0 saturated carbocycles. The summed E-state index contributed by atoms with van der Waals surface area (Å²) >= 11 is 0. The summed E-state index contributed by atoms with van der Waals surface area (Å²) in [6.45, 7) is 3.05. The predicted octanol–water partition coefficient (Wildman–Crippen LogP) is 0.836. The lowest BCUT2D eigenvalue weighted by molar-refractivity contribution is -0.142. The molecule has 0 unspecified atom stereocenters. The Bertz CT molecular complexity index is 627. The Morgan fingerprint density at radius 3 is 2.58 bits per heavy atom. The fourth-order valence-corrected chi connectivity index (χ4v) is 3.12. The highest BCUT2D eigenvalue weighted by Gasteiger charge is 2.41. The maximum Gasteiger partial charge on any atom is 0.238 e. The Morgan fingerprint density at radius 2 is 1.92 bits per heavy atom. The van der Waals surface area contributed by atoms with Gasteiger partial charge in [0.2, 0.25) is 11.8 Å². The molecule has 2 aliphatic heterocycles. The number of hydrogen-bond acceptors (Lipinski definition) is 6. The molecule has 130 valence electrons. The molecule has 1 aromatic carbocycles. The number of imide groups is 1. The fraction of sp³-hybridized carbons (Fsp3) is 0.529. The first kappa shape index (κ1) is 16.7. The third-order valence-electron chi connectivity index (χ3n) is 4.51. The van der Waals surface area contributed by atoms with Crippen molar-refractivity contribution in [1.29, 1.82) is 0 Å². The molecule has 0 bridgehead atoms. The highest BCUT2D eigenvalue weighted by Crippen LogP contribution is 2.37. The molecule has 0 aliphatic carbocycles. The topological polar surface area (TPSA) is 68.3 Å². The van der Waals surface area contributed by atoms with Gasteiger partial charge in [-0.1, -0.05) is 6.07 Å². The second-order valence-electron chi connectivity index (χ2n) is 5.90. The number of carbonyl (C=O) groups excluding carboxylic acids is 2. The van der Waals surface area contributed by atoms with Crippen molar-refractivity contribution in [2.24, 2.45) is 0 Å². The SMILES string of the molecule is COc1ccc([C@@H]2CC(=O)N(CN3CCOCC3)C2=O)c(OC)c1. The molecule has 1 aromatic rings. The van der Waals surface area contributed by atoms with Crippen molar-refractivity contribution in [3.63, 3.8) is 0 Å². The van der Waals surface area contributed by atoms with Crippen LogP contribution in [0, 0.1) is 0 Å². The van der Waals surface area contributed by atoms with Crippen LogP contribution in [0.15, 0.2) is 18.2 Å². The quantitative estimate of drug-likeness (QED) is 0.743. The first-order valence-electron chi connectivity index (χ1n) is 8.00. The zero-order valence-electron chi connectivity index (χ0n) is 14.0. The van der Waals surface area contributed by atoms with Crippen LogP contribution >= 0.6 is 0 Å². The lowest BCUT2D eigenvalue weighted by Gasteiger charge is -2.29. The molecule has 0 N–H and O–H groups in total. The van der Waals surface area contributed by atoms with Gasteiger partial charge in [-0.3, -0.25) is 19.4 Å². The van der Waals surface area contributed by atoms with Crippen molar-refractivity contribution in [2.75, 3.05) is 47.2 Å². The second kappa shape index (κ2) is 7.19. The highest BCUT2D eigenvalue weighted by atomic mass is 16.5. The van der Waals surface area contributed by atoms with Crippen LogP contribution < -0.4 is 9.47 Å². The van der Waals surface area contributed by atoms with Crippen molar-refractivity contribution in [3.8, 4) is 11.5 Å². The summed E-state index contributed by atoms with van der Waals surface area (Å²) in [5, 5.41) is 0. The van der Waals surface area contributed by atoms with E-state index in [0.29, 0.717) is 31.4 Å². The number of nitrogens with zero attached hydrogens (tertiary/aromatic N) is 2. The molecule has 0 radical (unpaired) electrons. The molecule has 2 heterocycles. The van der Waals surface area contributed by atoms with E-state index in [1.54, 1.807) is 32.4 Å². The van der Waals surface area contributed by atoms with E-state index >= 15 is 0 Å². The third kappa shape index (κ3) is 3.22. The molecule has 7 nitrogen and oxygen atoms in total. The van der Waals surface area contributed by atoms with Gasteiger partial charge in [0.05, 0.1) is 40.0 Å². The van der Waals surface area contributed by atoms with Gasteiger partial charge in [0.25, 0.3) is 0 Å². The largest absolute Gasteiger partial charge is 0.497 e. The summed E-state index contributed by atoms with van der Waals surface area (Å²) in [6, 6.07) is 5.31. The molecule has 0 aromatic heterocycles. The lowest BCUT2D eigenvalue weighted by Crippen LogP contribution is -2.46. The molecule has 3 rings (SSSR count). The number of carbonyl (C=O) groups is 2. The molecule has 2 fully saturated rings. The molecule has 1 atom stereocenters. The van der Waals surface area contributed by atoms with Crippen LogP contribution in [0.25, 0.3) is 0 Å². The first-order valence-corrected chi connectivity index (χ1v) is 8.00. The zero-order valence-corrected chi connectivity index (χ0v) is 14.0. The normalized spacial score (nSPS) is 22.1. The monoisotopic (exact) mass is 334 g/mol. The minimum absolute atomic E-state index is 0.144. The van der Waals surface area contributed by atoms with Crippen LogP contribution in [0.4, 0.5) is 0 Å². The van der Waals surface area contributed by atoms with Gasteiger partial charge in [0.1, 0.15) is 11.5 Å². The second-order valence-corrected chi connectivity index (χ2v) is 5.90. The average Bonchev–Trinajstić information content (AvgIpc) is 2.90. The summed E-state index contributed by atoms with van der Waals surface area (Å²) in [4.78, 5) is 28.5. The van der Waals surface area contributed by atoms with Crippen LogP contribution in [0.1, 0.15) is 17.9 Å². The Kier molecular flexibility index (Phi) is 5.01. The van der Waals surface area contributed by atoms with Crippen molar-refractivity contribution >= 4 is 11.8 Å². The Balaban J connectivity index is 1.78. The van der Waals surface area contributed by atoms with Crippen LogP contribution in [-0.4, -0.2) is 68.8 Å². The minimum atomic E-state index is -0.501. The first-order chi connectivity index (χ1) is 11.6.